The van der Waals surface area contributed by atoms with Gasteiger partial charge in [0, 0.05) is 18.7 Å². The topological polar surface area (TPSA) is 20.3 Å². The number of halogens is 2. The van der Waals surface area contributed by atoms with E-state index in [4.69, 9.17) is 11.6 Å². The fourth-order valence-electron chi connectivity index (χ4n) is 2.45. The summed E-state index contributed by atoms with van der Waals surface area (Å²) in [5.41, 5.74) is 0.508. The molecule has 98 valence electrons. The highest BCUT2D eigenvalue weighted by Gasteiger charge is 2.29. The summed E-state index contributed by atoms with van der Waals surface area (Å²) < 4.78 is 12.8. The molecule has 1 saturated carbocycles. The van der Waals surface area contributed by atoms with E-state index in [1.807, 2.05) is 0 Å². The zero-order chi connectivity index (χ0) is 13.1. The van der Waals surface area contributed by atoms with Crippen LogP contribution in [0.5, 0.6) is 0 Å². The first-order valence-corrected chi connectivity index (χ1v) is 6.70. The molecule has 0 N–H and O–H groups in total. The fourth-order valence-corrected chi connectivity index (χ4v) is 2.90. The number of hydrogen-bond acceptors (Lipinski definition) is 1. The second-order valence-corrected chi connectivity index (χ2v) is 5.35. The van der Waals surface area contributed by atoms with E-state index in [2.05, 4.69) is 0 Å². The molecule has 1 aliphatic rings. The average Bonchev–Trinajstić information content (AvgIpc) is 2.38. The van der Waals surface area contributed by atoms with E-state index in [1.54, 1.807) is 11.9 Å². The normalized spacial score (nSPS) is 23.7. The largest absolute Gasteiger partial charge is 0.337 e. The number of carbonyl (C=O) groups excluding carboxylic acids is 1. The molecule has 0 aliphatic heterocycles. The molecule has 0 radical (unpaired) electrons. The summed E-state index contributed by atoms with van der Waals surface area (Å²) in [7, 11) is 1.77. The molecule has 2 unspecified atom stereocenters. The van der Waals surface area contributed by atoms with Crippen LogP contribution < -0.4 is 0 Å². The minimum atomic E-state index is -0.331. The summed E-state index contributed by atoms with van der Waals surface area (Å²) in [5, 5.41) is 0.0214. The highest BCUT2D eigenvalue weighted by Crippen LogP contribution is 2.27. The van der Waals surface area contributed by atoms with Crippen LogP contribution in [0.1, 0.15) is 36.0 Å². The molecule has 0 bridgehead atoms. The third-order valence-corrected chi connectivity index (χ3v) is 4.07. The van der Waals surface area contributed by atoms with Gasteiger partial charge < -0.3 is 4.90 Å². The summed E-state index contributed by atoms with van der Waals surface area (Å²) in [5.74, 6) is -0.422. The molecule has 0 spiro atoms. The highest BCUT2D eigenvalue weighted by atomic mass is 35.5. The van der Waals surface area contributed by atoms with Crippen molar-refractivity contribution < 1.29 is 9.18 Å². The first-order valence-electron chi connectivity index (χ1n) is 6.26. The number of amides is 1. The van der Waals surface area contributed by atoms with Gasteiger partial charge in [0.05, 0.1) is 5.38 Å². The Morgan fingerprint density at radius 1 is 1.28 bits per heavy atom. The van der Waals surface area contributed by atoms with Crippen molar-refractivity contribution in [3.63, 3.8) is 0 Å². The van der Waals surface area contributed by atoms with Gasteiger partial charge in [-0.3, -0.25) is 4.79 Å². The highest BCUT2D eigenvalue weighted by molar-refractivity contribution is 6.21. The molecule has 0 heterocycles. The SMILES string of the molecule is CN(C(=O)c1ccc(F)cc1)C1CCCCC1Cl. The Hall–Kier alpha value is -1.09. The Morgan fingerprint density at radius 2 is 1.89 bits per heavy atom. The van der Waals surface area contributed by atoms with Gasteiger partial charge in [-0.15, -0.1) is 11.6 Å². The molecule has 2 rings (SSSR count). The summed E-state index contributed by atoms with van der Waals surface area (Å²) in [6, 6.07) is 5.72. The molecule has 18 heavy (non-hydrogen) atoms. The molecule has 2 atom stereocenters. The Kier molecular flexibility index (Phi) is 4.23. The molecule has 1 aromatic rings. The predicted octanol–water partition coefficient (Wildman–Crippen LogP) is 3.45. The zero-order valence-electron chi connectivity index (χ0n) is 10.4. The molecule has 4 heteroatoms. The third kappa shape index (κ3) is 2.83. The zero-order valence-corrected chi connectivity index (χ0v) is 11.2. The lowest BCUT2D eigenvalue weighted by atomic mass is 9.93. The monoisotopic (exact) mass is 269 g/mol. The summed E-state index contributed by atoms with van der Waals surface area (Å²) in [4.78, 5) is 13.9. The Labute approximate surface area is 112 Å². The van der Waals surface area contributed by atoms with Crippen molar-refractivity contribution >= 4 is 17.5 Å². The van der Waals surface area contributed by atoms with Crippen LogP contribution in [-0.4, -0.2) is 29.3 Å². The van der Waals surface area contributed by atoms with E-state index in [1.165, 1.54) is 24.3 Å². The summed E-state index contributed by atoms with van der Waals surface area (Å²) in [6.07, 6.45) is 4.13. The lowest BCUT2D eigenvalue weighted by Gasteiger charge is -2.35. The van der Waals surface area contributed by atoms with E-state index in [-0.39, 0.29) is 23.1 Å². The fraction of sp³-hybridized carbons (Fsp3) is 0.500. The molecule has 0 saturated heterocycles. The van der Waals surface area contributed by atoms with Gasteiger partial charge >= 0.3 is 0 Å². The molecule has 1 aromatic carbocycles. The first-order chi connectivity index (χ1) is 8.59. The minimum absolute atomic E-state index is 0.0214. The number of rotatable bonds is 2. The molecule has 2 nitrogen and oxygen atoms in total. The van der Waals surface area contributed by atoms with Gasteiger partial charge in [0.1, 0.15) is 5.82 Å². The number of nitrogens with zero attached hydrogens (tertiary/aromatic N) is 1. The van der Waals surface area contributed by atoms with Crippen LogP contribution in [0.3, 0.4) is 0 Å². The molecule has 1 amide bonds. The van der Waals surface area contributed by atoms with Gasteiger partial charge in [0.25, 0.3) is 5.91 Å². The number of alkyl halides is 1. The Balaban J connectivity index is 2.10. The van der Waals surface area contributed by atoms with Crippen molar-refractivity contribution in [1.82, 2.24) is 4.90 Å². The lowest BCUT2D eigenvalue weighted by Crippen LogP contribution is -2.44. The van der Waals surface area contributed by atoms with E-state index in [0.717, 1.165) is 25.7 Å². The molecule has 1 aliphatic carbocycles. The van der Waals surface area contributed by atoms with Gasteiger partial charge in [0.2, 0.25) is 0 Å². The second-order valence-electron chi connectivity index (χ2n) is 4.79. The smallest absolute Gasteiger partial charge is 0.253 e. The van der Waals surface area contributed by atoms with Crippen LogP contribution in [0.2, 0.25) is 0 Å². The van der Waals surface area contributed by atoms with Crippen molar-refractivity contribution in [2.24, 2.45) is 0 Å². The van der Waals surface area contributed by atoms with Crippen LogP contribution >= 0.6 is 11.6 Å². The van der Waals surface area contributed by atoms with E-state index in [9.17, 15) is 9.18 Å². The van der Waals surface area contributed by atoms with Crippen LogP contribution in [-0.2, 0) is 0 Å². The maximum absolute atomic E-state index is 12.8. The number of hydrogen-bond donors (Lipinski definition) is 0. The van der Waals surface area contributed by atoms with Crippen LogP contribution in [0.15, 0.2) is 24.3 Å². The average molecular weight is 270 g/mol. The van der Waals surface area contributed by atoms with Crippen molar-refractivity contribution in [1.29, 1.82) is 0 Å². The molecular weight excluding hydrogens is 253 g/mol. The maximum atomic E-state index is 12.8. The molecular formula is C14H17ClFNO. The van der Waals surface area contributed by atoms with E-state index >= 15 is 0 Å². The summed E-state index contributed by atoms with van der Waals surface area (Å²) in [6.45, 7) is 0. The molecule has 0 aromatic heterocycles. The van der Waals surface area contributed by atoms with E-state index in [0.29, 0.717) is 5.56 Å². The molecule has 1 fully saturated rings. The van der Waals surface area contributed by atoms with Crippen LogP contribution in [0, 0.1) is 5.82 Å². The van der Waals surface area contributed by atoms with Gasteiger partial charge in [0.15, 0.2) is 0 Å². The minimum Gasteiger partial charge on any atom is -0.337 e. The van der Waals surface area contributed by atoms with Gasteiger partial charge in [-0.25, -0.2) is 4.39 Å². The van der Waals surface area contributed by atoms with Crippen molar-refractivity contribution in [2.45, 2.75) is 37.1 Å². The van der Waals surface area contributed by atoms with Crippen molar-refractivity contribution in [3.8, 4) is 0 Å². The Bertz CT molecular complexity index is 420. The van der Waals surface area contributed by atoms with Crippen molar-refractivity contribution in [3.05, 3.63) is 35.6 Å². The second kappa shape index (κ2) is 5.70. The lowest BCUT2D eigenvalue weighted by molar-refractivity contribution is 0.0700. The number of benzene rings is 1. The summed E-state index contributed by atoms with van der Waals surface area (Å²) >= 11 is 6.28. The predicted molar refractivity (Wildman–Crippen MR) is 70.4 cm³/mol. The van der Waals surface area contributed by atoms with E-state index < -0.39 is 0 Å². The van der Waals surface area contributed by atoms with Crippen LogP contribution in [0.4, 0.5) is 4.39 Å². The standard InChI is InChI=1S/C14H17ClFNO/c1-17(13-5-3-2-4-12(13)15)14(18)10-6-8-11(16)9-7-10/h6-9,12-13H,2-5H2,1H3. The van der Waals surface area contributed by atoms with Gasteiger partial charge in [-0.1, -0.05) is 12.8 Å². The van der Waals surface area contributed by atoms with Gasteiger partial charge in [-0.2, -0.15) is 0 Å². The third-order valence-electron chi connectivity index (χ3n) is 3.56. The first kappa shape index (κ1) is 13.3. The van der Waals surface area contributed by atoms with Gasteiger partial charge in [-0.05, 0) is 37.1 Å². The van der Waals surface area contributed by atoms with Crippen molar-refractivity contribution in [2.75, 3.05) is 7.05 Å². The number of carbonyl (C=O) groups is 1. The maximum Gasteiger partial charge on any atom is 0.253 e. The quantitative estimate of drug-likeness (QED) is 0.753. The Morgan fingerprint density at radius 3 is 2.50 bits per heavy atom. The van der Waals surface area contributed by atoms with Crippen LogP contribution in [0.25, 0.3) is 0 Å².